The van der Waals surface area contributed by atoms with Crippen LogP contribution < -0.4 is 0 Å². The predicted octanol–water partition coefficient (Wildman–Crippen LogP) is 2.37. The number of rotatable bonds is 5. The van der Waals surface area contributed by atoms with Crippen molar-refractivity contribution >= 4 is 5.91 Å². The highest BCUT2D eigenvalue weighted by molar-refractivity contribution is 5.96. The Kier molecular flexibility index (Phi) is 5.43. The molecule has 134 valence electrons. The topological polar surface area (TPSA) is 81.4 Å². The smallest absolute Gasteiger partial charge is 0.259 e. The van der Waals surface area contributed by atoms with Gasteiger partial charge >= 0.3 is 0 Å². The van der Waals surface area contributed by atoms with E-state index in [1.807, 2.05) is 18.7 Å². The molecule has 7 heteroatoms. The van der Waals surface area contributed by atoms with Crippen LogP contribution in [0.25, 0.3) is 0 Å². The number of carbonyl (C=O) groups is 1. The van der Waals surface area contributed by atoms with Crippen molar-refractivity contribution in [2.45, 2.75) is 45.6 Å². The van der Waals surface area contributed by atoms with Gasteiger partial charge in [-0.3, -0.25) is 14.8 Å². The lowest BCUT2D eigenvalue weighted by atomic mass is 10.0. The number of aryl methyl sites for hydroxylation is 2. The second-order valence-electron chi connectivity index (χ2n) is 6.62. The van der Waals surface area contributed by atoms with Gasteiger partial charge in [0.2, 0.25) is 0 Å². The number of aromatic nitrogens is 3. The van der Waals surface area contributed by atoms with Crippen LogP contribution in [0.1, 0.15) is 53.7 Å². The van der Waals surface area contributed by atoms with Crippen LogP contribution in [0.3, 0.4) is 0 Å². The van der Waals surface area contributed by atoms with Crippen molar-refractivity contribution in [3.8, 4) is 0 Å². The van der Waals surface area contributed by atoms with Gasteiger partial charge in [0, 0.05) is 25.1 Å². The van der Waals surface area contributed by atoms with Gasteiger partial charge in [-0.2, -0.15) is 0 Å². The van der Waals surface area contributed by atoms with Crippen molar-refractivity contribution in [1.29, 1.82) is 0 Å². The van der Waals surface area contributed by atoms with E-state index in [0.717, 1.165) is 24.2 Å². The van der Waals surface area contributed by atoms with Crippen molar-refractivity contribution in [3.63, 3.8) is 0 Å². The van der Waals surface area contributed by atoms with Crippen molar-refractivity contribution in [2.24, 2.45) is 0 Å². The lowest BCUT2D eigenvalue weighted by Crippen LogP contribution is -2.49. The highest BCUT2D eigenvalue weighted by Crippen LogP contribution is 2.25. The molecule has 1 aliphatic rings. The fourth-order valence-corrected chi connectivity index (χ4v) is 3.12. The molecule has 1 saturated heterocycles. The summed E-state index contributed by atoms with van der Waals surface area (Å²) in [4.78, 5) is 23.5. The van der Waals surface area contributed by atoms with Crippen LogP contribution in [-0.4, -0.2) is 51.7 Å². The fraction of sp³-hybridized carbons (Fsp3) is 0.556. The van der Waals surface area contributed by atoms with Crippen molar-refractivity contribution in [3.05, 3.63) is 41.3 Å². The molecule has 0 saturated carbocycles. The molecular formula is C18H24N4O3. The number of carbonyl (C=O) groups excluding carboxylic acids is 1. The van der Waals surface area contributed by atoms with Gasteiger partial charge in [-0.1, -0.05) is 19.0 Å². The Morgan fingerprint density at radius 2 is 2.24 bits per heavy atom. The summed E-state index contributed by atoms with van der Waals surface area (Å²) >= 11 is 0. The summed E-state index contributed by atoms with van der Waals surface area (Å²) in [5, 5.41) is 4.08. The maximum atomic E-state index is 13.2. The summed E-state index contributed by atoms with van der Waals surface area (Å²) in [6.45, 7) is 7.48. The van der Waals surface area contributed by atoms with E-state index in [1.54, 1.807) is 25.5 Å². The van der Waals surface area contributed by atoms with Crippen molar-refractivity contribution in [2.75, 3.05) is 19.8 Å². The minimum absolute atomic E-state index is 0.0116. The quantitative estimate of drug-likeness (QED) is 0.828. The van der Waals surface area contributed by atoms with Gasteiger partial charge in [-0.05, 0) is 25.7 Å². The molecular weight excluding hydrogens is 320 g/mol. The Bertz CT molecular complexity index is 714. The Balaban J connectivity index is 1.76. The van der Waals surface area contributed by atoms with Crippen LogP contribution in [-0.2, 0) is 11.2 Å². The molecule has 0 bridgehead atoms. The average molecular weight is 344 g/mol. The van der Waals surface area contributed by atoms with Gasteiger partial charge < -0.3 is 14.2 Å². The van der Waals surface area contributed by atoms with Gasteiger partial charge in [0.25, 0.3) is 5.91 Å². The maximum Gasteiger partial charge on any atom is 0.259 e. The molecule has 1 fully saturated rings. The first kappa shape index (κ1) is 17.5. The third-order valence-electron chi connectivity index (χ3n) is 4.49. The van der Waals surface area contributed by atoms with E-state index in [0.29, 0.717) is 31.1 Å². The summed E-state index contributed by atoms with van der Waals surface area (Å²) in [5.74, 6) is 0.693. The van der Waals surface area contributed by atoms with E-state index in [4.69, 9.17) is 9.26 Å². The highest BCUT2D eigenvalue weighted by Gasteiger charge is 2.32. The number of nitrogens with zero attached hydrogens (tertiary/aromatic N) is 4. The van der Waals surface area contributed by atoms with E-state index in [1.165, 1.54) is 0 Å². The lowest BCUT2D eigenvalue weighted by molar-refractivity contribution is -0.00428. The number of hydrogen-bond acceptors (Lipinski definition) is 6. The first-order valence-corrected chi connectivity index (χ1v) is 8.67. The Labute approximate surface area is 147 Å². The SMILES string of the molecule is Cc1onc(C(C)C)c1C(=O)N1CCOC[C@@H]1CCc1cnccn1. The minimum Gasteiger partial charge on any atom is -0.377 e. The molecule has 3 rings (SSSR count). The second kappa shape index (κ2) is 7.74. The maximum absolute atomic E-state index is 13.2. The minimum atomic E-state index is -0.0186. The Morgan fingerprint density at radius 3 is 2.96 bits per heavy atom. The van der Waals surface area contributed by atoms with Gasteiger partial charge in [0.15, 0.2) is 0 Å². The zero-order chi connectivity index (χ0) is 17.8. The third kappa shape index (κ3) is 3.87. The summed E-state index contributed by atoms with van der Waals surface area (Å²) in [6, 6.07) is 0.0116. The monoisotopic (exact) mass is 344 g/mol. The van der Waals surface area contributed by atoms with Gasteiger partial charge in [-0.15, -0.1) is 0 Å². The van der Waals surface area contributed by atoms with E-state index >= 15 is 0 Å². The molecule has 25 heavy (non-hydrogen) atoms. The zero-order valence-electron chi connectivity index (χ0n) is 14.9. The standard InChI is InChI=1S/C18H24N4O3/c1-12(2)17-16(13(3)25-21-17)18(23)22-8-9-24-11-15(22)5-4-14-10-19-6-7-20-14/h6-7,10,12,15H,4-5,8-9,11H2,1-3H3/t15-/m0/s1. The first-order valence-electron chi connectivity index (χ1n) is 8.67. The van der Waals surface area contributed by atoms with E-state index in [2.05, 4.69) is 15.1 Å². The lowest BCUT2D eigenvalue weighted by Gasteiger charge is -2.35. The number of morpholine rings is 1. The van der Waals surface area contributed by atoms with Crippen LogP contribution in [0.4, 0.5) is 0 Å². The Hall–Kier alpha value is -2.28. The summed E-state index contributed by atoms with van der Waals surface area (Å²) in [6.07, 6.45) is 6.64. The predicted molar refractivity (Wildman–Crippen MR) is 91.3 cm³/mol. The van der Waals surface area contributed by atoms with Crippen molar-refractivity contribution in [1.82, 2.24) is 20.0 Å². The van der Waals surface area contributed by atoms with E-state index < -0.39 is 0 Å². The molecule has 0 aliphatic carbocycles. The number of amides is 1. The number of hydrogen-bond donors (Lipinski definition) is 0. The van der Waals surface area contributed by atoms with Crippen LogP contribution in [0, 0.1) is 6.92 Å². The van der Waals surface area contributed by atoms with Crippen LogP contribution in [0.5, 0.6) is 0 Å². The highest BCUT2D eigenvalue weighted by atomic mass is 16.5. The molecule has 0 N–H and O–H groups in total. The molecule has 2 aromatic heterocycles. The molecule has 0 radical (unpaired) electrons. The van der Waals surface area contributed by atoms with Crippen molar-refractivity contribution < 1.29 is 14.1 Å². The molecule has 2 aromatic rings. The zero-order valence-corrected chi connectivity index (χ0v) is 14.9. The number of ether oxygens (including phenoxy) is 1. The van der Waals surface area contributed by atoms with Gasteiger partial charge in [0.05, 0.1) is 30.6 Å². The summed E-state index contributed by atoms with van der Waals surface area (Å²) in [7, 11) is 0. The van der Waals surface area contributed by atoms with Gasteiger partial charge in [0.1, 0.15) is 11.3 Å². The molecule has 0 unspecified atom stereocenters. The molecule has 7 nitrogen and oxygen atoms in total. The Morgan fingerprint density at radius 1 is 1.40 bits per heavy atom. The van der Waals surface area contributed by atoms with Crippen LogP contribution in [0.2, 0.25) is 0 Å². The molecule has 0 aromatic carbocycles. The third-order valence-corrected chi connectivity index (χ3v) is 4.49. The molecule has 1 aliphatic heterocycles. The molecule has 1 amide bonds. The second-order valence-corrected chi connectivity index (χ2v) is 6.62. The molecule has 1 atom stereocenters. The summed E-state index contributed by atoms with van der Waals surface area (Å²) in [5.41, 5.74) is 2.24. The fourth-order valence-electron chi connectivity index (χ4n) is 3.12. The van der Waals surface area contributed by atoms with E-state index in [-0.39, 0.29) is 17.9 Å². The average Bonchev–Trinajstić information content (AvgIpc) is 3.02. The largest absolute Gasteiger partial charge is 0.377 e. The summed E-state index contributed by atoms with van der Waals surface area (Å²) < 4.78 is 10.9. The molecule has 3 heterocycles. The van der Waals surface area contributed by atoms with Crippen LogP contribution >= 0.6 is 0 Å². The first-order chi connectivity index (χ1) is 12.1. The van der Waals surface area contributed by atoms with E-state index in [9.17, 15) is 4.79 Å². The normalized spacial score (nSPS) is 17.9. The molecule has 0 spiro atoms. The van der Waals surface area contributed by atoms with Gasteiger partial charge in [-0.25, -0.2) is 0 Å². The van der Waals surface area contributed by atoms with Crippen LogP contribution in [0.15, 0.2) is 23.1 Å².